The smallest absolute Gasteiger partial charge is 0.226 e. The number of nitrogens with one attached hydrogen (secondary N) is 2. The summed E-state index contributed by atoms with van der Waals surface area (Å²) in [5.41, 5.74) is 1.10. The van der Waals surface area contributed by atoms with Gasteiger partial charge < -0.3 is 20.4 Å². The minimum atomic E-state index is -0.212. The summed E-state index contributed by atoms with van der Waals surface area (Å²) in [5, 5.41) is 9.59. The van der Waals surface area contributed by atoms with Crippen molar-refractivity contribution < 1.29 is 14.3 Å². The van der Waals surface area contributed by atoms with Crippen LogP contribution in [0.3, 0.4) is 0 Å². The average Bonchev–Trinajstić information content (AvgIpc) is 2.64. The molecule has 0 bridgehead atoms. The summed E-state index contributed by atoms with van der Waals surface area (Å²) in [6.07, 6.45) is 2.59. The Balaban J connectivity index is 1.98. The van der Waals surface area contributed by atoms with Crippen LogP contribution < -0.4 is 5.32 Å². The Bertz CT molecular complexity index is 542. The third-order valence-electron chi connectivity index (χ3n) is 4.12. The van der Waals surface area contributed by atoms with Crippen molar-refractivity contribution in [3.63, 3.8) is 0 Å². The summed E-state index contributed by atoms with van der Waals surface area (Å²) in [6, 6.07) is 9.89. The van der Waals surface area contributed by atoms with E-state index in [0.717, 1.165) is 11.8 Å². The maximum absolute atomic E-state index is 12.8. The zero-order valence-corrected chi connectivity index (χ0v) is 13.9. The first kappa shape index (κ1) is 18.1. The second-order valence-corrected chi connectivity index (χ2v) is 5.87. The van der Waals surface area contributed by atoms with Gasteiger partial charge in [0, 0.05) is 31.6 Å². The Labute approximate surface area is 142 Å². The first-order valence-corrected chi connectivity index (χ1v) is 8.37. The molecule has 0 radical (unpaired) electrons. The van der Waals surface area contributed by atoms with Crippen LogP contribution in [0.25, 0.3) is 0 Å². The molecule has 0 aromatic heterocycles. The molecule has 0 unspecified atom stereocenters. The van der Waals surface area contributed by atoms with E-state index >= 15 is 0 Å². The number of amides is 2. The van der Waals surface area contributed by atoms with Crippen molar-refractivity contribution in [3.05, 3.63) is 35.9 Å². The van der Waals surface area contributed by atoms with Gasteiger partial charge in [0.05, 0.1) is 19.8 Å². The van der Waals surface area contributed by atoms with Crippen molar-refractivity contribution in [2.24, 2.45) is 5.92 Å². The molecule has 1 aliphatic rings. The number of morpholine rings is 1. The summed E-state index contributed by atoms with van der Waals surface area (Å²) < 4.78 is 5.31. The molecule has 130 valence electrons. The lowest BCUT2D eigenvalue weighted by atomic mass is 9.93. The van der Waals surface area contributed by atoms with Crippen molar-refractivity contribution in [1.29, 1.82) is 5.41 Å². The Morgan fingerprint density at radius 2 is 1.96 bits per heavy atom. The maximum atomic E-state index is 12.8. The zero-order valence-electron chi connectivity index (χ0n) is 13.9. The van der Waals surface area contributed by atoms with Crippen LogP contribution in [0.4, 0.5) is 0 Å². The number of ether oxygens (including phenoxy) is 1. The maximum Gasteiger partial charge on any atom is 0.226 e. The molecule has 1 aromatic rings. The topological polar surface area (TPSA) is 82.5 Å². The fourth-order valence-electron chi connectivity index (χ4n) is 2.81. The van der Waals surface area contributed by atoms with Gasteiger partial charge in [-0.3, -0.25) is 9.59 Å². The predicted octanol–water partition coefficient (Wildman–Crippen LogP) is 1.25. The Morgan fingerprint density at radius 1 is 1.25 bits per heavy atom. The second kappa shape index (κ2) is 9.82. The van der Waals surface area contributed by atoms with Crippen molar-refractivity contribution in [2.75, 3.05) is 32.8 Å². The number of hydrogen-bond donors (Lipinski definition) is 2. The minimum Gasteiger partial charge on any atom is -0.378 e. The third-order valence-corrected chi connectivity index (χ3v) is 4.12. The fourth-order valence-corrected chi connectivity index (χ4v) is 2.81. The van der Waals surface area contributed by atoms with Gasteiger partial charge in [0.15, 0.2) is 0 Å². The van der Waals surface area contributed by atoms with Gasteiger partial charge in [-0.1, -0.05) is 30.3 Å². The minimum absolute atomic E-state index is 0.0991. The summed E-state index contributed by atoms with van der Waals surface area (Å²) >= 11 is 0. The lowest BCUT2D eigenvalue weighted by Gasteiger charge is -2.30. The van der Waals surface area contributed by atoms with Crippen LogP contribution in [0.1, 0.15) is 18.4 Å². The average molecular weight is 331 g/mol. The summed E-state index contributed by atoms with van der Waals surface area (Å²) in [7, 11) is 0. The second-order valence-electron chi connectivity index (χ2n) is 5.87. The van der Waals surface area contributed by atoms with Crippen LogP contribution in [0, 0.1) is 11.3 Å². The van der Waals surface area contributed by atoms with Gasteiger partial charge in [-0.2, -0.15) is 0 Å². The Hall–Kier alpha value is -2.21. The van der Waals surface area contributed by atoms with Crippen LogP contribution >= 0.6 is 0 Å². The normalized spacial score (nSPS) is 15.6. The number of benzene rings is 1. The lowest BCUT2D eigenvalue weighted by Crippen LogP contribution is -2.44. The van der Waals surface area contributed by atoms with Gasteiger partial charge in [0.1, 0.15) is 0 Å². The molecule has 0 spiro atoms. The Kier molecular flexibility index (Phi) is 7.42. The molecule has 6 heteroatoms. The van der Waals surface area contributed by atoms with Crippen molar-refractivity contribution in [1.82, 2.24) is 10.2 Å². The van der Waals surface area contributed by atoms with E-state index in [9.17, 15) is 9.59 Å². The lowest BCUT2D eigenvalue weighted by molar-refractivity contribution is -0.140. The number of hydrogen-bond acceptors (Lipinski definition) is 4. The number of rotatable bonds is 8. The molecule has 6 nitrogen and oxygen atoms in total. The molecule has 0 saturated carbocycles. The molecule has 2 rings (SSSR count). The van der Waals surface area contributed by atoms with Gasteiger partial charge >= 0.3 is 0 Å². The van der Waals surface area contributed by atoms with Gasteiger partial charge in [-0.05, 0) is 18.4 Å². The molecule has 2 N–H and O–H groups in total. The molecule has 1 heterocycles. The first-order valence-electron chi connectivity index (χ1n) is 8.37. The van der Waals surface area contributed by atoms with Crippen molar-refractivity contribution >= 4 is 18.0 Å². The molecule has 1 aliphatic heterocycles. The van der Waals surface area contributed by atoms with Crippen LogP contribution in [0.5, 0.6) is 0 Å². The van der Waals surface area contributed by atoms with E-state index < -0.39 is 0 Å². The summed E-state index contributed by atoms with van der Waals surface area (Å²) in [4.78, 5) is 26.5. The molecule has 1 aromatic carbocycles. The number of nitrogens with zero attached hydrogens (tertiary/aromatic N) is 1. The summed E-state index contributed by atoms with van der Waals surface area (Å²) in [6.45, 7) is 2.61. The SMILES string of the molecule is N=CCNC(=O)CC[C@@H](Cc1ccccc1)C(=O)N1CCOCC1. The predicted molar refractivity (Wildman–Crippen MR) is 92.1 cm³/mol. The highest BCUT2D eigenvalue weighted by atomic mass is 16.5. The summed E-state index contributed by atoms with van der Waals surface area (Å²) in [5.74, 6) is -0.232. The number of carbonyl (C=O) groups is 2. The van der Waals surface area contributed by atoms with Crippen LogP contribution in [-0.2, 0) is 20.7 Å². The number of carbonyl (C=O) groups excluding carboxylic acids is 2. The Morgan fingerprint density at radius 3 is 2.62 bits per heavy atom. The van der Waals surface area contributed by atoms with Crippen molar-refractivity contribution in [3.8, 4) is 0 Å². The molecular formula is C18H25N3O3. The van der Waals surface area contributed by atoms with E-state index in [1.807, 2.05) is 35.2 Å². The van der Waals surface area contributed by atoms with Crippen LogP contribution in [0.15, 0.2) is 30.3 Å². The first-order chi connectivity index (χ1) is 11.7. The van der Waals surface area contributed by atoms with Gasteiger partial charge in [-0.15, -0.1) is 0 Å². The fraction of sp³-hybridized carbons (Fsp3) is 0.500. The molecule has 1 fully saturated rings. The standard InChI is InChI=1S/C18H25N3O3/c19-8-9-20-17(22)7-6-16(14-15-4-2-1-3-5-15)18(23)21-10-12-24-13-11-21/h1-5,8,16,19H,6-7,9-14H2,(H,20,22)/t16-/m0/s1. The van der Waals surface area contributed by atoms with E-state index in [0.29, 0.717) is 45.6 Å². The van der Waals surface area contributed by atoms with Crippen LogP contribution in [0.2, 0.25) is 0 Å². The zero-order chi connectivity index (χ0) is 17.2. The van der Waals surface area contributed by atoms with E-state index in [-0.39, 0.29) is 24.3 Å². The van der Waals surface area contributed by atoms with E-state index in [4.69, 9.17) is 10.1 Å². The van der Waals surface area contributed by atoms with Crippen molar-refractivity contribution in [2.45, 2.75) is 19.3 Å². The van der Waals surface area contributed by atoms with Gasteiger partial charge in [0.2, 0.25) is 11.8 Å². The molecule has 2 amide bonds. The monoisotopic (exact) mass is 331 g/mol. The van der Waals surface area contributed by atoms with E-state index in [1.54, 1.807) is 0 Å². The molecule has 1 saturated heterocycles. The molecule has 24 heavy (non-hydrogen) atoms. The molecule has 0 aliphatic carbocycles. The highest BCUT2D eigenvalue weighted by Gasteiger charge is 2.26. The largest absolute Gasteiger partial charge is 0.378 e. The third kappa shape index (κ3) is 5.77. The van der Waals surface area contributed by atoms with Gasteiger partial charge in [0.25, 0.3) is 0 Å². The van der Waals surface area contributed by atoms with Crippen LogP contribution in [-0.4, -0.2) is 55.8 Å². The molecular weight excluding hydrogens is 306 g/mol. The van der Waals surface area contributed by atoms with Gasteiger partial charge in [-0.25, -0.2) is 0 Å². The highest BCUT2D eigenvalue weighted by Crippen LogP contribution is 2.18. The highest BCUT2D eigenvalue weighted by molar-refractivity contribution is 5.82. The van der Waals surface area contributed by atoms with E-state index in [1.165, 1.54) is 0 Å². The van der Waals surface area contributed by atoms with E-state index in [2.05, 4.69) is 5.32 Å². The quantitative estimate of drug-likeness (QED) is 0.703. The molecule has 1 atom stereocenters.